The van der Waals surface area contributed by atoms with Crippen molar-refractivity contribution in [2.24, 2.45) is 0 Å². The summed E-state index contributed by atoms with van der Waals surface area (Å²) in [6.07, 6.45) is 5.24. The van der Waals surface area contributed by atoms with E-state index in [4.69, 9.17) is 4.74 Å². The number of nitrogens with zero attached hydrogens (tertiary/aromatic N) is 1. The van der Waals surface area contributed by atoms with Crippen LogP contribution < -0.4 is 16.0 Å². The number of methoxy groups -OCH3 is 1. The number of aromatic nitrogens is 2. The van der Waals surface area contributed by atoms with Crippen LogP contribution in [0.3, 0.4) is 0 Å². The van der Waals surface area contributed by atoms with Crippen molar-refractivity contribution in [2.75, 3.05) is 13.7 Å². The third-order valence-electron chi connectivity index (χ3n) is 5.07. The number of rotatable bonds is 9. The molecule has 0 unspecified atom stereocenters. The van der Waals surface area contributed by atoms with E-state index in [-0.39, 0.29) is 18.4 Å². The first kappa shape index (κ1) is 21.5. The van der Waals surface area contributed by atoms with Gasteiger partial charge in [0.2, 0.25) is 11.8 Å². The Bertz CT molecular complexity index is 834. The second-order valence-corrected chi connectivity index (χ2v) is 7.27. The normalized spacial score (nSPS) is 17.7. The van der Waals surface area contributed by atoms with Gasteiger partial charge >= 0.3 is 5.97 Å². The molecule has 1 aliphatic heterocycles. The summed E-state index contributed by atoms with van der Waals surface area (Å²) in [5.74, 6) is -1.23. The molecule has 1 aliphatic rings. The molecule has 0 aliphatic carbocycles. The minimum Gasteiger partial charge on any atom is -0.467 e. The smallest absolute Gasteiger partial charge is 0.328 e. The Hall–Kier alpha value is -3.20. The van der Waals surface area contributed by atoms with Crippen LogP contribution in [0.5, 0.6) is 0 Å². The van der Waals surface area contributed by atoms with Gasteiger partial charge in [0, 0.05) is 24.7 Å². The van der Waals surface area contributed by atoms with Gasteiger partial charge in [-0.05, 0) is 24.9 Å². The van der Waals surface area contributed by atoms with Gasteiger partial charge in [0.25, 0.3) is 0 Å². The van der Waals surface area contributed by atoms with Crippen molar-refractivity contribution in [3.05, 3.63) is 54.1 Å². The third-order valence-corrected chi connectivity index (χ3v) is 5.07. The van der Waals surface area contributed by atoms with Gasteiger partial charge in [-0.3, -0.25) is 9.59 Å². The number of aromatic amines is 1. The molecule has 0 bridgehead atoms. The van der Waals surface area contributed by atoms with E-state index in [1.807, 2.05) is 30.3 Å². The zero-order valence-corrected chi connectivity index (χ0v) is 16.9. The lowest BCUT2D eigenvalue weighted by Gasteiger charge is -2.23. The summed E-state index contributed by atoms with van der Waals surface area (Å²) in [7, 11) is 1.27. The Balaban J connectivity index is 1.72. The molecule has 30 heavy (non-hydrogen) atoms. The lowest BCUT2D eigenvalue weighted by molar-refractivity contribution is -0.145. The minimum atomic E-state index is -0.900. The van der Waals surface area contributed by atoms with Gasteiger partial charge in [-0.25, -0.2) is 9.78 Å². The largest absolute Gasteiger partial charge is 0.467 e. The van der Waals surface area contributed by atoms with E-state index in [2.05, 4.69) is 25.9 Å². The first-order chi connectivity index (χ1) is 14.6. The Morgan fingerprint density at radius 3 is 2.60 bits per heavy atom. The maximum atomic E-state index is 13.1. The second kappa shape index (κ2) is 10.5. The van der Waals surface area contributed by atoms with E-state index in [1.54, 1.807) is 6.20 Å². The number of amides is 2. The van der Waals surface area contributed by atoms with Crippen LogP contribution >= 0.6 is 0 Å². The number of nitrogens with one attached hydrogen (secondary N) is 4. The molecule has 2 heterocycles. The Morgan fingerprint density at radius 2 is 1.97 bits per heavy atom. The molecule has 3 atom stereocenters. The van der Waals surface area contributed by atoms with Gasteiger partial charge in [0.1, 0.15) is 12.1 Å². The highest BCUT2D eigenvalue weighted by molar-refractivity contribution is 5.92. The van der Waals surface area contributed by atoms with Crippen molar-refractivity contribution in [2.45, 2.75) is 43.8 Å². The van der Waals surface area contributed by atoms with E-state index in [9.17, 15) is 14.4 Å². The molecular weight excluding hydrogens is 386 g/mol. The Morgan fingerprint density at radius 1 is 1.17 bits per heavy atom. The number of hydrogen-bond acceptors (Lipinski definition) is 6. The van der Waals surface area contributed by atoms with Gasteiger partial charge in [-0.1, -0.05) is 30.3 Å². The molecule has 1 aromatic heterocycles. The van der Waals surface area contributed by atoms with E-state index in [0.29, 0.717) is 12.1 Å². The van der Waals surface area contributed by atoms with Gasteiger partial charge < -0.3 is 25.7 Å². The average Bonchev–Trinajstić information content (AvgIpc) is 3.47. The fraction of sp³-hybridized carbons (Fsp3) is 0.429. The molecule has 1 fully saturated rings. The summed E-state index contributed by atoms with van der Waals surface area (Å²) in [4.78, 5) is 44.8. The monoisotopic (exact) mass is 413 g/mol. The molecule has 3 rings (SSSR count). The molecule has 4 N–H and O–H groups in total. The molecule has 2 aromatic rings. The maximum absolute atomic E-state index is 13.1. The van der Waals surface area contributed by atoms with Crippen LogP contribution in [-0.4, -0.2) is 59.5 Å². The molecule has 0 saturated carbocycles. The van der Waals surface area contributed by atoms with Crippen molar-refractivity contribution in [1.29, 1.82) is 0 Å². The number of carbonyl (C=O) groups is 3. The summed E-state index contributed by atoms with van der Waals surface area (Å²) < 4.78 is 4.84. The third kappa shape index (κ3) is 5.90. The lowest BCUT2D eigenvalue weighted by atomic mass is 10.0. The van der Waals surface area contributed by atoms with Gasteiger partial charge in [-0.15, -0.1) is 0 Å². The van der Waals surface area contributed by atoms with E-state index >= 15 is 0 Å². The summed E-state index contributed by atoms with van der Waals surface area (Å²) in [6, 6.07) is 7.39. The molecule has 2 amide bonds. The molecule has 1 saturated heterocycles. The van der Waals surface area contributed by atoms with Crippen molar-refractivity contribution < 1.29 is 19.1 Å². The van der Waals surface area contributed by atoms with Crippen molar-refractivity contribution >= 4 is 17.8 Å². The van der Waals surface area contributed by atoms with Crippen LogP contribution in [0.4, 0.5) is 0 Å². The maximum Gasteiger partial charge on any atom is 0.328 e. The number of H-pyrrole nitrogens is 1. The van der Waals surface area contributed by atoms with Crippen molar-refractivity contribution in [3.63, 3.8) is 0 Å². The van der Waals surface area contributed by atoms with Crippen LogP contribution in [0, 0.1) is 0 Å². The first-order valence-electron chi connectivity index (χ1n) is 10.00. The second-order valence-electron chi connectivity index (χ2n) is 7.27. The van der Waals surface area contributed by atoms with Gasteiger partial charge in [0.05, 0.1) is 19.5 Å². The molecule has 0 spiro atoms. The number of carbonyl (C=O) groups excluding carboxylic acids is 3. The first-order valence-corrected chi connectivity index (χ1v) is 10.00. The number of imidazole rings is 1. The quantitative estimate of drug-likeness (QED) is 0.432. The zero-order chi connectivity index (χ0) is 21.3. The zero-order valence-electron chi connectivity index (χ0n) is 16.9. The lowest BCUT2D eigenvalue weighted by Crippen LogP contribution is -2.55. The fourth-order valence-corrected chi connectivity index (χ4v) is 3.46. The molecule has 0 radical (unpaired) electrons. The predicted molar refractivity (Wildman–Crippen MR) is 109 cm³/mol. The highest BCUT2D eigenvalue weighted by atomic mass is 16.5. The minimum absolute atomic E-state index is 0.203. The Labute approximate surface area is 175 Å². The molecular formula is C21H27N5O4. The van der Waals surface area contributed by atoms with Crippen LogP contribution in [-0.2, 0) is 32.0 Å². The van der Waals surface area contributed by atoms with Crippen LogP contribution in [0.2, 0.25) is 0 Å². The Kier molecular flexibility index (Phi) is 7.56. The number of ether oxygens (including phenoxy) is 1. The number of esters is 1. The van der Waals surface area contributed by atoms with E-state index in [0.717, 1.165) is 24.9 Å². The van der Waals surface area contributed by atoms with Crippen molar-refractivity contribution in [1.82, 2.24) is 25.9 Å². The molecule has 160 valence electrons. The topological polar surface area (TPSA) is 125 Å². The molecule has 9 nitrogen and oxygen atoms in total. The van der Waals surface area contributed by atoms with E-state index in [1.165, 1.54) is 13.4 Å². The number of hydrogen-bond donors (Lipinski definition) is 4. The summed E-state index contributed by atoms with van der Waals surface area (Å²) >= 11 is 0. The van der Waals surface area contributed by atoms with Crippen molar-refractivity contribution in [3.8, 4) is 0 Å². The SMILES string of the molecule is COC(=O)[C@H](Cc1cnc[nH]1)NC(=O)[C@H](Cc1ccccc1)NC(=O)[C@@H]1CCCN1. The van der Waals surface area contributed by atoms with Gasteiger partial charge in [0.15, 0.2) is 0 Å². The summed E-state index contributed by atoms with van der Waals surface area (Å²) in [6.45, 7) is 0.780. The standard InChI is InChI=1S/C21H27N5O4/c1-30-21(29)18(11-15-12-22-13-24-15)26-20(28)17(10-14-6-3-2-4-7-14)25-19(27)16-8-5-9-23-16/h2-4,6-7,12-13,16-18,23H,5,8-11H2,1H3,(H,22,24)(H,25,27)(H,26,28)/t16-,17-,18-/m0/s1. The van der Waals surface area contributed by atoms with E-state index < -0.39 is 24.0 Å². The highest BCUT2D eigenvalue weighted by Gasteiger charge is 2.30. The molecule has 1 aromatic carbocycles. The predicted octanol–water partition coefficient (Wildman–Crippen LogP) is 0.0895. The van der Waals surface area contributed by atoms with Crippen LogP contribution in [0.25, 0.3) is 0 Å². The summed E-state index contributed by atoms with van der Waals surface area (Å²) in [5, 5.41) is 8.70. The van der Waals surface area contributed by atoms with Gasteiger partial charge in [-0.2, -0.15) is 0 Å². The summed E-state index contributed by atoms with van der Waals surface area (Å²) in [5.41, 5.74) is 1.59. The van der Waals surface area contributed by atoms with Crippen LogP contribution in [0.1, 0.15) is 24.1 Å². The fourth-order valence-electron chi connectivity index (χ4n) is 3.46. The van der Waals surface area contributed by atoms with Crippen LogP contribution in [0.15, 0.2) is 42.9 Å². The number of benzene rings is 1. The molecule has 9 heteroatoms. The average molecular weight is 413 g/mol. The highest BCUT2D eigenvalue weighted by Crippen LogP contribution is 2.09.